The lowest BCUT2D eigenvalue weighted by Gasteiger charge is -2.19. The molecule has 0 saturated carbocycles. The molecule has 0 bridgehead atoms. The average molecular weight is 272 g/mol. The topological polar surface area (TPSA) is 12.0 Å². The highest BCUT2D eigenvalue weighted by molar-refractivity contribution is 6.42. The molecule has 0 spiro atoms. The van der Waals surface area contributed by atoms with Gasteiger partial charge in [-0.2, -0.15) is 0 Å². The van der Waals surface area contributed by atoms with Gasteiger partial charge in [0.15, 0.2) is 0 Å². The summed E-state index contributed by atoms with van der Waals surface area (Å²) in [7, 11) is 0. The molecule has 1 unspecified atom stereocenters. The molecule has 0 aliphatic heterocycles. The van der Waals surface area contributed by atoms with Crippen molar-refractivity contribution in [1.29, 1.82) is 0 Å². The summed E-state index contributed by atoms with van der Waals surface area (Å²) in [6.45, 7) is 9.15. The standard InChI is InChI=1S/C14H19Cl2N/c1-4-7-17-14(8-10(2)3)11-5-6-12(15)13(16)9-11/h5-6,9,14,17H,2,4,7-8H2,1,3H3. The van der Waals surface area contributed by atoms with Crippen LogP contribution in [0.3, 0.4) is 0 Å². The second-order valence-electron chi connectivity index (χ2n) is 4.34. The first-order valence-corrected chi connectivity index (χ1v) is 6.63. The van der Waals surface area contributed by atoms with Crippen LogP contribution in [0.25, 0.3) is 0 Å². The van der Waals surface area contributed by atoms with Crippen LogP contribution in [0.2, 0.25) is 10.0 Å². The summed E-state index contributed by atoms with van der Waals surface area (Å²) >= 11 is 12.0. The van der Waals surface area contributed by atoms with Crippen LogP contribution < -0.4 is 5.32 Å². The minimum atomic E-state index is 0.266. The van der Waals surface area contributed by atoms with Crippen molar-refractivity contribution in [2.75, 3.05) is 6.54 Å². The Bertz CT molecular complexity index is 388. The first kappa shape index (κ1) is 14.6. The van der Waals surface area contributed by atoms with Crippen molar-refractivity contribution >= 4 is 23.2 Å². The summed E-state index contributed by atoms with van der Waals surface area (Å²) in [6.07, 6.45) is 2.02. The number of benzene rings is 1. The van der Waals surface area contributed by atoms with Gasteiger partial charge in [0.2, 0.25) is 0 Å². The van der Waals surface area contributed by atoms with Crippen molar-refractivity contribution in [2.24, 2.45) is 0 Å². The van der Waals surface area contributed by atoms with E-state index in [2.05, 4.69) is 18.8 Å². The zero-order chi connectivity index (χ0) is 12.8. The molecular formula is C14H19Cl2N. The largest absolute Gasteiger partial charge is 0.310 e. The van der Waals surface area contributed by atoms with E-state index in [4.69, 9.17) is 23.2 Å². The lowest BCUT2D eigenvalue weighted by Crippen LogP contribution is -2.22. The van der Waals surface area contributed by atoms with E-state index in [0.29, 0.717) is 10.0 Å². The van der Waals surface area contributed by atoms with Crippen LogP contribution in [-0.4, -0.2) is 6.54 Å². The van der Waals surface area contributed by atoms with Crippen molar-refractivity contribution in [3.8, 4) is 0 Å². The number of hydrogen-bond donors (Lipinski definition) is 1. The van der Waals surface area contributed by atoms with Gasteiger partial charge in [-0.25, -0.2) is 0 Å². The second kappa shape index (κ2) is 7.05. The van der Waals surface area contributed by atoms with Crippen molar-refractivity contribution in [3.63, 3.8) is 0 Å². The third-order valence-corrected chi connectivity index (χ3v) is 3.28. The summed E-state index contributed by atoms with van der Waals surface area (Å²) in [5.41, 5.74) is 2.32. The molecule has 0 heterocycles. The molecule has 0 amide bonds. The highest BCUT2D eigenvalue weighted by atomic mass is 35.5. The molecule has 0 aliphatic rings. The van der Waals surface area contributed by atoms with Gasteiger partial charge in [0, 0.05) is 6.04 Å². The third-order valence-electron chi connectivity index (χ3n) is 2.54. The molecule has 94 valence electrons. The molecule has 0 radical (unpaired) electrons. The smallest absolute Gasteiger partial charge is 0.0595 e. The monoisotopic (exact) mass is 271 g/mol. The van der Waals surface area contributed by atoms with Crippen molar-refractivity contribution in [2.45, 2.75) is 32.7 Å². The highest BCUT2D eigenvalue weighted by Crippen LogP contribution is 2.28. The van der Waals surface area contributed by atoms with Crippen LogP contribution in [0.15, 0.2) is 30.4 Å². The third kappa shape index (κ3) is 4.71. The minimum Gasteiger partial charge on any atom is -0.310 e. The summed E-state index contributed by atoms with van der Waals surface area (Å²) in [5, 5.41) is 4.70. The Morgan fingerprint density at radius 1 is 1.35 bits per heavy atom. The van der Waals surface area contributed by atoms with Crippen LogP contribution in [0.1, 0.15) is 38.3 Å². The Balaban J connectivity index is 2.86. The number of rotatable bonds is 6. The molecule has 0 aliphatic carbocycles. The van der Waals surface area contributed by atoms with Crippen molar-refractivity contribution in [3.05, 3.63) is 46.0 Å². The molecule has 1 N–H and O–H groups in total. The molecule has 0 aromatic heterocycles. The predicted molar refractivity (Wildman–Crippen MR) is 76.9 cm³/mol. The van der Waals surface area contributed by atoms with Gasteiger partial charge in [-0.05, 0) is 44.0 Å². The van der Waals surface area contributed by atoms with Crippen LogP contribution in [0.5, 0.6) is 0 Å². The van der Waals surface area contributed by atoms with Crippen LogP contribution in [0, 0.1) is 0 Å². The highest BCUT2D eigenvalue weighted by Gasteiger charge is 2.12. The Kier molecular flexibility index (Phi) is 6.04. The fourth-order valence-electron chi connectivity index (χ4n) is 1.70. The van der Waals surface area contributed by atoms with E-state index in [9.17, 15) is 0 Å². The molecule has 1 rings (SSSR count). The van der Waals surface area contributed by atoms with Crippen LogP contribution in [0.4, 0.5) is 0 Å². The molecule has 1 atom stereocenters. The molecule has 1 nitrogen and oxygen atoms in total. The van der Waals surface area contributed by atoms with Crippen LogP contribution in [-0.2, 0) is 0 Å². The van der Waals surface area contributed by atoms with Crippen LogP contribution >= 0.6 is 23.2 Å². The molecule has 17 heavy (non-hydrogen) atoms. The first-order valence-electron chi connectivity index (χ1n) is 5.87. The lowest BCUT2D eigenvalue weighted by molar-refractivity contribution is 0.528. The van der Waals surface area contributed by atoms with Gasteiger partial charge >= 0.3 is 0 Å². The summed E-state index contributed by atoms with van der Waals surface area (Å²) in [6, 6.07) is 6.06. The van der Waals surface area contributed by atoms with E-state index in [-0.39, 0.29) is 6.04 Å². The fraction of sp³-hybridized carbons (Fsp3) is 0.429. The Hall–Kier alpha value is -0.500. The maximum atomic E-state index is 6.05. The number of nitrogens with one attached hydrogen (secondary N) is 1. The second-order valence-corrected chi connectivity index (χ2v) is 5.16. The first-order chi connectivity index (χ1) is 8.04. The fourth-order valence-corrected chi connectivity index (χ4v) is 2.01. The quantitative estimate of drug-likeness (QED) is 0.718. The molecule has 3 heteroatoms. The van der Waals surface area contributed by atoms with E-state index >= 15 is 0 Å². The van der Waals surface area contributed by atoms with E-state index in [1.807, 2.05) is 25.1 Å². The van der Waals surface area contributed by atoms with Crippen molar-refractivity contribution < 1.29 is 0 Å². The predicted octanol–water partition coefficient (Wildman–Crippen LogP) is 5.00. The molecule has 1 aromatic carbocycles. The Labute approximate surface area is 114 Å². The molecular weight excluding hydrogens is 253 g/mol. The van der Waals surface area contributed by atoms with Gasteiger partial charge in [0.05, 0.1) is 10.0 Å². The van der Waals surface area contributed by atoms with Gasteiger partial charge < -0.3 is 5.32 Å². The average Bonchev–Trinajstić information content (AvgIpc) is 2.27. The van der Waals surface area contributed by atoms with E-state index in [0.717, 1.165) is 30.5 Å². The zero-order valence-electron chi connectivity index (χ0n) is 10.4. The summed E-state index contributed by atoms with van der Waals surface area (Å²) in [4.78, 5) is 0. The van der Waals surface area contributed by atoms with Crippen molar-refractivity contribution in [1.82, 2.24) is 5.32 Å². The van der Waals surface area contributed by atoms with Gasteiger partial charge in [-0.15, -0.1) is 6.58 Å². The Morgan fingerprint density at radius 3 is 2.59 bits per heavy atom. The molecule has 1 aromatic rings. The summed E-state index contributed by atoms with van der Waals surface area (Å²) < 4.78 is 0. The summed E-state index contributed by atoms with van der Waals surface area (Å²) in [5.74, 6) is 0. The maximum Gasteiger partial charge on any atom is 0.0595 e. The zero-order valence-corrected chi connectivity index (χ0v) is 11.9. The molecule has 0 fully saturated rings. The maximum absolute atomic E-state index is 6.05. The lowest BCUT2D eigenvalue weighted by atomic mass is 10.0. The van der Waals surface area contributed by atoms with E-state index < -0.39 is 0 Å². The van der Waals surface area contributed by atoms with Gasteiger partial charge in [0.25, 0.3) is 0 Å². The van der Waals surface area contributed by atoms with E-state index in [1.165, 1.54) is 0 Å². The number of halogens is 2. The normalized spacial score (nSPS) is 12.5. The molecule has 0 saturated heterocycles. The minimum absolute atomic E-state index is 0.266. The van der Waals surface area contributed by atoms with E-state index in [1.54, 1.807) is 0 Å². The van der Waals surface area contributed by atoms with Gasteiger partial charge in [0.1, 0.15) is 0 Å². The van der Waals surface area contributed by atoms with Gasteiger partial charge in [-0.1, -0.05) is 41.8 Å². The SMILES string of the molecule is C=C(C)CC(NCCC)c1ccc(Cl)c(Cl)c1. The number of hydrogen-bond acceptors (Lipinski definition) is 1. The Morgan fingerprint density at radius 2 is 2.06 bits per heavy atom. The van der Waals surface area contributed by atoms with Gasteiger partial charge in [-0.3, -0.25) is 0 Å².